The summed E-state index contributed by atoms with van der Waals surface area (Å²) < 4.78 is 41.2. The molecule has 0 aliphatic rings. The highest BCUT2D eigenvalue weighted by molar-refractivity contribution is 7.89. The highest BCUT2D eigenvalue weighted by Crippen LogP contribution is 2.15. The maximum atomic E-state index is 13.3. The molecule has 1 aromatic carbocycles. The van der Waals surface area contributed by atoms with Gasteiger partial charge in [0.2, 0.25) is 10.0 Å². The predicted molar refractivity (Wildman–Crippen MR) is 72.8 cm³/mol. The van der Waals surface area contributed by atoms with Crippen molar-refractivity contribution in [2.75, 3.05) is 12.3 Å². The van der Waals surface area contributed by atoms with Gasteiger partial charge in [0.15, 0.2) is 0 Å². The number of nitrogens with two attached hydrogens (primary N) is 1. The molecule has 0 aliphatic heterocycles. The van der Waals surface area contributed by atoms with Crippen molar-refractivity contribution in [2.45, 2.75) is 17.9 Å². The second-order valence-corrected chi connectivity index (χ2v) is 5.97. The van der Waals surface area contributed by atoms with Crippen molar-refractivity contribution in [1.29, 1.82) is 0 Å². The lowest BCUT2D eigenvalue weighted by atomic mass is 10.3. The fraction of sp³-hybridized carbons (Fsp3) is 0.250. The zero-order valence-corrected chi connectivity index (χ0v) is 11.5. The standard InChI is InChI=1S/C12H15FN4O2S/c13-11-9-10(3-4-12(11)14)20(18,19)16-6-2-8-17-7-1-5-15-17/h1,3-5,7,9,16H,2,6,8,14H2. The van der Waals surface area contributed by atoms with Gasteiger partial charge < -0.3 is 5.73 Å². The summed E-state index contributed by atoms with van der Waals surface area (Å²) in [6, 6.07) is 5.20. The number of halogens is 1. The number of rotatable bonds is 6. The molecule has 0 saturated carbocycles. The van der Waals surface area contributed by atoms with E-state index in [1.54, 1.807) is 23.1 Å². The number of nitrogens with zero attached hydrogens (tertiary/aromatic N) is 2. The van der Waals surface area contributed by atoms with Gasteiger partial charge in [-0.25, -0.2) is 17.5 Å². The maximum absolute atomic E-state index is 13.3. The largest absolute Gasteiger partial charge is 0.396 e. The summed E-state index contributed by atoms with van der Waals surface area (Å²) in [4.78, 5) is -0.136. The summed E-state index contributed by atoms with van der Waals surface area (Å²) in [5.74, 6) is -0.746. The molecule has 0 spiro atoms. The van der Waals surface area contributed by atoms with Gasteiger partial charge >= 0.3 is 0 Å². The van der Waals surface area contributed by atoms with E-state index in [-0.39, 0.29) is 17.1 Å². The predicted octanol–water partition coefficient (Wildman–Crippen LogP) is 0.973. The quantitative estimate of drug-likeness (QED) is 0.614. The molecule has 0 saturated heterocycles. The monoisotopic (exact) mass is 298 g/mol. The number of aryl methyl sites for hydroxylation is 1. The van der Waals surface area contributed by atoms with Crippen LogP contribution < -0.4 is 10.5 Å². The summed E-state index contributed by atoms with van der Waals surface area (Å²) in [5, 5.41) is 4.01. The van der Waals surface area contributed by atoms with Gasteiger partial charge in [0.1, 0.15) is 5.82 Å². The zero-order chi connectivity index (χ0) is 14.6. The molecule has 0 amide bonds. The minimum atomic E-state index is -3.72. The van der Waals surface area contributed by atoms with Crippen molar-refractivity contribution in [1.82, 2.24) is 14.5 Å². The van der Waals surface area contributed by atoms with Crippen LogP contribution in [0.2, 0.25) is 0 Å². The molecule has 1 heterocycles. The average molecular weight is 298 g/mol. The van der Waals surface area contributed by atoms with E-state index in [0.29, 0.717) is 13.0 Å². The topological polar surface area (TPSA) is 90.0 Å². The van der Waals surface area contributed by atoms with Crippen LogP contribution >= 0.6 is 0 Å². The van der Waals surface area contributed by atoms with E-state index in [2.05, 4.69) is 9.82 Å². The summed E-state index contributed by atoms with van der Waals surface area (Å²) in [7, 11) is -3.72. The second-order valence-electron chi connectivity index (χ2n) is 4.20. The number of sulfonamides is 1. The van der Waals surface area contributed by atoms with Crippen LogP contribution in [0.5, 0.6) is 0 Å². The molecule has 20 heavy (non-hydrogen) atoms. The van der Waals surface area contributed by atoms with Crippen LogP contribution in [0.1, 0.15) is 6.42 Å². The van der Waals surface area contributed by atoms with Gasteiger partial charge in [-0.15, -0.1) is 0 Å². The summed E-state index contributed by atoms with van der Waals surface area (Å²) in [6.07, 6.45) is 4.03. The third-order valence-corrected chi connectivity index (χ3v) is 4.16. The highest BCUT2D eigenvalue weighted by Gasteiger charge is 2.14. The van der Waals surface area contributed by atoms with Gasteiger partial charge in [-0.05, 0) is 30.7 Å². The highest BCUT2D eigenvalue weighted by atomic mass is 32.2. The number of hydrogen-bond acceptors (Lipinski definition) is 4. The third kappa shape index (κ3) is 3.55. The molecule has 6 nitrogen and oxygen atoms in total. The molecule has 108 valence electrons. The molecule has 0 radical (unpaired) electrons. The van der Waals surface area contributed by atoms with Crippen molar-refractivity contribution in [3.05, 3.63) is 42.5 Å². The average Bonchev–Trinajstić information content (AvgIpc) is 2.91. The van der Waals surface area contributed by atoms with Gasteiger partial charge in [-0.2, -0.15) is 5.10 Å². The molecular weight excluding hydrogens is 283 g/mol. The van der Waals surface area contributed by atoms with E-state index in [9.17, 15) is 12.8 Å². The Hall–Kier alpha value is -1.93. The first-order chi connectivity index (χ1) is 9.49. The third-order valence-electron chi connectivity index (χ3n) is 2.70. The van der Waals surface area contributed by atoms with E-state index >= 15 is 0 Å². The SMILES string of the molecule is Nc1ccc(S(=O)(=O)NCCCn2cccn2)cc1F. The Labute approximate surface area is 116 Å². The summed E-state index contributed by atoms with van der Waals surface area (Å²) in [6.45, 7) is 0.847. The lowest BCUT2D eigenvalue weighted by Gasteiger charge is -2.07. The smallest absolute Gasteiger partial charge is 0.240 e. The number of aromatic nitrogens is 2. The number of hydrogen-bond donors (Lipinski definition) is 2. The van der Waals surface area contributed by atoms with Crippen LogP contribution in [0, 0.1) is 5.82 Å². The molecule has 0 bridgehead atoms. The van der Waals surface area contributed by atoms with Crippen molar-refractivity contribution in [3.63, 3.8) is 0 Å². The molecule has 2 rings (SSSR count). The Kier molecular flexibility index (Phi) is 4.35. The lowest BCUT2D eigenvalue weighted by molar-refractivity contribution is 0.552. The zero-order valence-electron chi connectivity index (χ0n) is 10.7. The van der Waals surface area contributed by atoms with E-state index in [0.717, 1.165) is 6.07 Å². The Morgan fingerprint density at radius 1 is 1.40 bits per heavy atom. The first-order valence-corrected chi connectivity index (χ1v) is 7.49. The Bertz CT molecular complexity index is 671. The fourth-order valence-corrected chi connectivity index (χ4v) is 2.72. The van der Waals surface area contributed by atoms with Crippen LogP contribution in [-0.2, 0) is 16.6 Å². The molecule has 1 aromatic heterocycles. The fourth-order valence-electron chi connectivity index (χ4n) is 1.64. The normalized spacial score (nSPS) is 11.7. The van der Waals surface area contributed by atoms with Crippen molar-refractivity contribution < 1.29 is 12.8 Å². The molecule has 0 atom stereocenters. The lowest BCUT2D eigenvalue weighted by Crippen LogP contribution is -2.25. The molecule has 8 heteroatoms. The van der Waals surface area contributed by atoms with Crippen LogP contribution in [-0.4, -0.2) is 24.7 Å². The van der Waals surface area contributed by atoms with Crippen molar-refractivity contribution >= 4 is 15.7 Å². The van der Waals surface area contributed by atoms with E-state index in [1.165, 1.54) is 12.1 Å². The van der Waals surface area contributed by atoms with Crippen LogP contribution in [0.4, 0.5) is 10.1 Å². The van der Waals surface area contributed by atoms with E-state index < -0.39 is 15.8 Å². The molecule has 3 N–H and O–H groups in total. The Morgan fingerprint density at radius 2 is 2.20 bits per heavy atom. The van der Waals surface area contributed by atoms with Gasteiger partial charge in [-0.1, -0.05) is 0 Å². The first-order valence-electron chi connectivity index (χ1n) is 6.01. The second kappa shape index (κ2) is 6.02. The van der Waals surface area contributed by atoms with Crippen LogP contribution in [0.25, 0.3) is 0 Å². The Balaban J connectivity index is 1.92. The van der Waals surface area contributed by atoms with Crippen molar-refractivity contribution in [3.8, 4) is 0 Å². The summed E-state index contributed by atoms with van der Waals surface area (Å²) >= 11 is 0. The molecule has 0 aliphatic carbocycles. The minimum Gasteiger partial charge on any atom is -0.396 e. The molecule has 0 fully saturated rings. The van der Waals surface area contributed by atoms with Gasteiger partial charge in [0, 0.05) is 25.5 Å². The number of benzene rings is 1. The number of anilines is 1. The summed E-state index contributed by atoms with van der Waals surface area (Å²) in [5.41, 5.74) is 5.23. The van der Waals surface area contributed by atoms with Gasteiger partial charge in [-0.3, -0.25) is 4.68 Å². The van der Waals surface area contributed by atoms with Crippen molar-refractivity contribution in [2.24, 2.45) is 0 Å². The van der Waals surface area contributed by atoms with Gasteiger partial charge in [0.05, 0.1) is 10.6 Å². The molecule has 2 aromatic rings. The first kappa shape index (κ1) is 14.5. The number of nitrogen functional groups attached to an aromatic ring is 1. The minimum absolute atomic E-state index is 0.0809. The molecular formula is C12H15FN4O2S. The van der Waals surface area contributed by atoms with E-state index in [4.69, 9.17) is 5.73 Å². The van der Waals surface area contributed by atoms with E-state index in [1.807, 2.05) is 0 Å². The van der Waals surface area contributed by atoms with Crippen LogP contribution in [0.3, 0.4) is 0 Å². The molecule has 0 unspecified atom stereocenters. The van der Waals surface area contributed by atoms with Crippen LogP contribution in [0.15, 0.2) is 41.6 Å². The van der Waals surface area contributed by atoms with Gasteiger partial charge in [0.25, 0.3) is 0 Å². The number of nitrogens with one attached hydrogen (secondary N) is 1. The maximum Gasteiger partial charge on any atom is 0.240 e. The Morgan fingerprint density at radius 3 is 2.85 bits per heavy atom.